The zero-order valence-electron chi connectivity index (χ0n) is 12.5. The predicted octanol–water partition coefficient (Wildman–Crippen LogP) is 3.53. The zero-order chi connectivity index (χ0) is 15.2. The molecular weight excluding hydrogens is 290 g/mol. The SMILES string of the molecule is CCCc1nc(COc2ccc(C(C)NC)cc2Cl)no1. The summed E-state index contributed by atoms with van der Waals surface area (Å²) in [5, 5.41) is 7.62. The first-order valence-electron chi connectivity index (χ1n) is 7.05. The minimum Gasteiger partial charge on any atom is -0.484 e. The van der Waals surface area contributed by atoms with Crippen molar-refractivity contribution in [3.63, 3.8) is 0 Å². The van der Waals surface area contributed by atoms with Crippen LogP contribution in [-0.2, 0) is 13.0 Å². The molecule has 0 saturated carbocycles. The van der Waals surface area contributed by atoms with Gasteiger partial charge in [-0.2, -0.15) is 4.98 Å². The van der Waals surface area contributed by atoms with Gasteiger partial charge in [0.2, 0.25) is 11.7 Å². The van der Waals surface area contributed by atoms with Crippen molar-refractivity contribution in [2.24, 2.45) is 0 Å². The van der Waals surface area contributed by atoms with E-state index < -0.39 is 0 Å². The summed E-state index contributed by atoms with van der Waals surface area (Å²) in [5.74, 6) is 1.79. The summed E-state index contributed by atoms with van der Waals surface area (Å²) in [6.07, 6.45) is 1.75. The van der Waals surface area contributed by atoms with Gasteiger partial charge in [-0.3, -0.25) is 0 Å². The Morgan fingerprint density at radius 3 is 2.90 bits per heavy atom. The normalized spacial score (nSPS) is 12.4. The number of halogens is 1. The number of hydrogen-bond donors (Lipinski definition) is 1. The third kappa shape index (κ3) is 4.19. The van der Waals surface area contributed by atoms with Crippen LogP contribution in [0, 0.1) is 0 Å². The van der Waals surface area contributed by atoms with Gasteiger partial charge in [0, 0.05) is 12.5 Å². The number of rotatable bonds is 7. The third-order valence-electron chi connectivity index (χ3n) is 3.22. The summed E-state index contributed by atoms with van der Waals surface area (Å²) < 4.78 is 10.8. The van der Waals surface area contributed by atoms with Crippen molar-refractivity contribution in [1.29, 1.82) is 0 Å². The molecule has 0 amide bonds. The molecule has 21 heavy (non-hydrogen) atoms. The van der Waals surface area contributed by atoms with Crippen molar-refractivity contribution in [2.75, 3.05) is 7.05 Å². The minimum absolute atomic E-state index is 0.241. The summed E-state index contributed by atoms with van der Waals surface area (Å²) in [5.41, 5.74) is 1.11. The highest BCUT2D eigenvalue weighted by Crippen LogP contribution is 2.28. The summed E-state index contributed by atoms with van der Waals surface area (Å²) in [7, 11) is 1.91. The Morgan fingerprint density at radius 2 is 2.24 bits per heavy atom. The Kier molecular flexibility index (Phi) is 5.59. The number of hydrogen-bond acceptors (Lipinski definition) is 5. The Balaban J connectivity index is 1.99. The maximum Gasteiger partial charge on any atom is 0.226 e. The van der Waals surface area contributed by atoms with Crippen molar-refractivity contribution >= 4 is 11.6 Å². The van der Waals surface area contributed by atoms with Gasteiger partial charge in [-0.15, -0.1) is 0 Å². The van der Waals surface area contributed by atoms with E-state index in [2.05, 4.69) is 29.3 Å². The van der Waals surface area contributed by atoms with Gasteiger partial charge in [0.1, 0.15) is 5.75 Å². The van der Waals surface area contributed by atoms with Crippen molar-refractivity contribution in [1.82, 2.24) is 15.5 Å². The molecule has 0 fully saturated rings. The molecule has 0 aliphatic carbocycles. The van der Waals surface area contributed by atoms with E-state index in [0.29, 0.717) is 22.5 Å². The minimum atomic E-state index is 0.241. The average molecular weight is 310 g/mol. The van der Waals surface area contributed by atoms with Gasteiger partial charge >= 0.3 is 0 Å². The average Bonchev–Trinajstić information content (AvgIpc) is 2.93. The van der Waals surface area contributed by atoms with Crippen LogP contribution < -0.4 is 10.1 Å². The van der Waals surface area contributed by atoms with E-state index in [0.717, 1.165) is 18.4 Å². The molecule has 0 bridgehead atoms. The number of ether oxygens (including phenoxy) is 1. The van der Waals surface area contributed by atoms with Crippen LogP contribution in [0.15, 0.2) is 22.7 Å². The van der Waals surface area contributed by atoms with Crippen LogP contribution in [0.5, 0.6) is 5.75 Å². The lowest BCUT2D eigenvalue weighted by Crippen LogP contribution is -2.12. The fraction of sp³-hybridized carbons (Fsp3) is 0.467. The maximum atomic E-state index is 6.23. The van der Waals surface area contributed by atoms with Crippen molar-refractivity contribution in [3.05, 3.63) is 40.5 Å². The van der Waals surface area contributed by atoms with Crippen LogP contribution in [0.1, 0.15) is 43.6 Å². The molecule has 2 rings (SSSR count). The Hall–Kier alpha value is -1.59. The molecule has 1 heterocycles. The van der Waals surface area contributed by atoms with Gasteiger partial charge in [0.15, 0.2) is 6.61 Å². The van der Waals surface area contributed by atoms with Crippen LogP contribution in [-0.4, -0.2) is 17.2 Å². The number of aryl methyl sites for hydroxylation is 1. The maximum absolute atomic E-state index is 6.23. The molecule has 114 valence electrons. The van der Waals surface area contributed by atoms with Gasteiger partial charge < -0.3 is 14.6 Å². The third-order valence-corrected chi connectivity index (χ3v) is 3.52. The number of nitrogens with one attached hydrogen (secondary N) is 1. The monoisotopic (exact) mass is 309 g/mol. The zero-order valence-corrected chi connectivity index (χ0v) is 13.3. The van der Waals surface area contributed by atoms with E-state index in [1.807, 2.05) is 25.2 Å². The molecule has 0 spiro atoms. The molecule has 2 aromatic rings. The molecule has 1 aromatic carbocycles. The molecule has 1 unspecified atom stereocenters. The summed E-state index contributed by atoms with van der Waals surface area (Å²) in [6, 6.07) is 5.99. The van der Waals surface area contributed by atoms with E-state index >= 15 is 0 Å². The van der Waals surface area contributed by atoms with E-state index in [4.69, 9.17) is 20.9 Å². The molecule has 1 atom stereocenters. The van der Waals surface area contributed by atoms with Crippen molar-refractivity contribution < 1.29 is 9.26 Å². The van der Waals surface area contributed by atoms with Crippen LogP contribution in [0.25, 0.3) is 0 Å². The van der Waals surface area contributed by atoms with E-state index in [1.165, 1.54) is 0 Å². The van der Waals surface area contributed by atoms with E-state index in [-0.39, 0.29) is 12.6 Å². The van der Waals surface area contributed by atoms with Crippen LogP contribution in [0.3, 0.4) is 0 Å². The molecule has 0 radical (unpaired) electrons. The lowest BCUT2D eigenvalue weighted by Gasteiger charge is -2.12. The van der Waals surface area contributed by atoms with Gasteiger partial charge in [0.25, 0.3) is 0 Å². The highest BCUT2D eigenvalue weighted by atomic mass is 35.5. The number of nitrogens with zero attached hydrogens (tertiary/aromatic N) is 2. The summed E-state index contributed by atoms with van der Waals surface area (Å²) >= 11 is 6.23. The second-order valence-corrected chi connectivity index (χ2v) is 5.25. The second-order valence-electron chi connectivity index (χ2n) is 4.84. The van der Waals surface area contributed by atoms with Crippen molar-refractivity contribution in [3.8, 4) is 5.75 Å². The van der Waals surface area contributed by atoms with Gasteiger partial charge in [-0.05, 0) is 38.1 Å². The lowest BCUT2D eigenvalue weighted by molar-refractivity contribution is 0.285. The van der Waals surface area contributed by atoms with E-state index in [1.54, 1.807) is 0 Å². The van der Waals surface area contributed by atoms with Gasteiger partial charge in [-0.1, -0.05) is 29.7 Å². The Morgan fingerprint density at radius 1 is 1.43 bits per heavy atom. The molecule has 6 heteroatoms. The molecule has 5 nitrogen and oxygen atoms in total. The predicted molar refractivity (Wildman–Crippen MR) is 81.6 cm³/mol. The quantitative estimate of drug-likeness (QED) is 0.847. The molecule has 1 N–H and O–H groups in total. The Labute approximate surface area is 129 Å². The van der Waals surface area contributed by atoms with Crippen LogP contribution >= 0.6 is 11.6 Å². The topological polar surface area (TPSA) is 60.2 Å². The molecular formula is C15H20ClN3O2. The summed E-state index contributed by atoms with van der Waals surface area (Å²) in [6.45, 7) is 4.38. The van der Waals surface area contributed by atoms with Crippen molar-refractivity contribution in [2.45, 2.75) is 39.3 Å². The van der Waals surface area contributed by atoms with Crippen LogP contribution in [0.4, 0.5) is 0 Å². The first-order chi connectivity index (χ1) is 10.1. The summed E-state index contributed by atoms with van der Waals surface area (Å²) in [4.78, 5) is 4.25. The molecule has 1 aromatic heterocycles. The number of aromatic nitrogens is 2. The fourth-order valence-corrected chi connectivity index (χ4v) is 2.12. The number of benzene rings is 1. The van der Waals surface area contributed by atoms with Gasteiger partial charge in [0.05, 0.1) is 5.02 Å². The fourth-order valence-electron chi connectivity index (χ4n) is 1.88. The smallest absolute Gasteiger partial charge is 0.226 e. The largest absolute Gasteiger partial charge is 0.484 e. The first kappa shape index (κ1) is 15.8. The van der Waals surface area contributed by atoms with E-state index in [9.17, 15) is 0 Å². The molecule has 0 aliphatic rings. The Bertz CT molecular complexity index is 586. The second kappa shape index (κ2) is 7.43. The standard InChI is InChI=1S/C15H20ClN3O2/c1-4-5-15-18-14(19-21-15)9-20-13-7-6-11(8-12(13)16)10(2)17-3/h6-8,10,17H,4-5,9H2,1-3H3. The first-order valence-corrected chi connectivity index (χ1v) is 7.42. The lowest BCUT2D eigenvalue weighted by atomic mass is 10.1. The highest BCUT2D eigenvalue weighted by molar-refractivity contribution is 6.32. The van der Waals surface area contributed by atoms with Crippen LogP contribution in [0.2, 0.25) is 5.02 Å². The molecule has 0 saturated heterocycles. The highest BCUT2D eigenvalue weighted by Gasteiger charge is 2.10. The molecule has 0 aliphatic heterocycles. The van der Waals surface area contributed by atoms with Gasteiger partial charge in [-0.25, -0.2) is 0 Å².